The molecule has 0 spiro atoms. The van der Waals surface area contributed by atoms with Gasteiger partial charge >= 0.3 is 0 Å². The zero-order valence-corrected chi connectivity index (χ0v) is 17.4. The van der Waals surface area contributed by atoms with Gasteiger partial charge < -0.3 is 14.4 Å². The second-order valence-corrected chi connectivity index (χ2v) is 9.06. The van der Waals surface area contributed by atoms with Gasteiger partial charge in [0.25, 0.3) is 0 Å². The van der Waals surface area contributed by atoms with Gasteiger partial charge in [0.1, 0.15) is 12.1 Å². The fraction of sp³-hybridized carbons (Fsp3) is 0.591. The van der Waals surface area contributed by atoms with Crippen LogP contribution >= 0.6 is 0 Å². The van der Waals surface area contributed by atoms with E-state index in [1.807, 2.05) is 0 Å². The van der Waals surface area contributed by atoms with E-state index in [0.717, 1.165) is 81.1 Å². The standard InChI is InChI=1S/C22H28N6O2/c1-15-20(12-26(24-15)17-4-2-16(13-29)3-5-17)27-8-7-22-23-21(6-9-28(22)27)25-11-19-10-18(25)14-30-19/h6-7,9,12-13,16-19H,2-5,8,10-11,14H2,1H3/t16?,17?,18-,19-/m1/s1. The summed E-state index contributed by atoms with van der Waals surface area (Å²) >= 11 is 0. The molecule has 1 saturated carbocycles. The highest BCUT2D eigenvalue weighted by molar-refractivity contribution is 5.95. The van der Waals surface area contributed by atoms with Gasteiger partial charge in [0.2, 0.25) is 0 Å². The van der Waals surface area contributed by atoms with Gasteiger partial charge in [0.05, 0.1) is 48.9 Å². The number of aldehydes is 1. The number of hydrogen-bond donors (Lipinski definition) is 0. The van der Waals surface area contributed by atoms with Crippen molar-refractivity contribution >= 4 is 17.8 Å². The Labute approximate surface area is 176 Å². The number of aryl methyl sites for hydroxylation is 1. The van der Waals surface area contributed by atoms with Gasteiger partial charge in [0, 0.05) is 18.7 Å². The number of aliphatic imine (C=N–C) groups is 1. The largest absolute Gasteiger partial charge is 0.374 e. The van der Waals surface area contributed by atoms with Crippen molar-refractivity contribution in [1.29, 1.82) is 0 Å². The Morgan fingerprint density at radius 1 is 1.20 bits per heavy atom. The summed E-state index contributed by atoms with van der Waals surface area (Å²) in [4.78, 5) is 18.4. The average Bonchev–Trinajstić information content (AvgIpc) is 3.56. The van der Waals surface area contributed by atoms with Crippen LogP contribution in [0.1, 0.15) is 43.8 Å². The number of nitrogens with zero attached hydrogens (tertiary/aromatic N) is 6. The summed E-state index contributed by atoms with van der Waals surface area (Å²) in [5.74, 6) is 2.26. The number of morpholine rings is 1. The number of amidine groups is 1. The Hall–Kier alpha value is -2.61. The van der Waals surface area contributed by atoms with Crippen molar-refractivity contribution in [3.05, 3.63) is 36.1 Å². The van der Waals surface area contributed by atoms with E-state index < -0.39 is 0 Å². The monoisotopic (exact) mass is 408 g/mol. The number of carbonyl (C=O) groups is 1. The molecule has 0 amide bonds. The first-order chi connectivity index (χ1) is 14.7. The van der Waals surface area contributed by atoms with E-state index in [2.05, 4.69) is 51.1 Å². The van der Waals surface area contributed by atoms with Crippen molar-refractivity contribution in [1.82, 2.24) is 19.7 Å². The van der Waals surface area contributed by atoms with Crippen LogP contribution < -0.4 is 5.01 Å². The lowest BCUT2D eigenvalue weighted by molar-refractivity contribution is -0.112. The number of aromatic nitrogens is 2. The minimum Gasteiger partial charge on any atom is -0.374 e. The quantitative estimate of drug-likeness (QED) is 0.716. The number of fused-ring (bicyclic) bond motifs is 3. The van der Waals surface area contributed by atoms with Crippen LogP contribution in [0.4, 0.5) is 5.69 Å². The first-order valence-corrected chi connectivity index (χ1v) is 11.1. The number of anilines is 1. The molecule has 1 aromatic rings. The molecule has 0 aromatic carbocycles. The van der Waals surface area contributed by atoms with Crippen molar-refractivity contribution in [2.75, 3.05) is 24.7 Å². The molecule has 6 rings (SSSR count). The molecular formula is C22H28N6O2. The Morgan fingerprint density at radius 3 is 2.80 bits per heavy atom. The van der Waals surface area contributed by atoms with Crippen molar-refractivity contribution < 1.29 is 9.53 Å². The van der Waals surface area contributed by atoms with E-state index in [-0.39, 0.29) is 5.92 Å². The molecule has 4 aliphatic heterocycles. The molecule has 8 nitrogen and oxygen atoms in total. The summed E-state index contributed by atoms with van der Waals surface area (Å²) < 4.78 is 7.85. The molecule has 158 valence electrons. The smallest absolute Gasteiger partial charge is 0.151 e. The van der Waals surface area contributed by atoms with Crippen molar-refractivity contribution in [3.63, 3.8) is 0 Å². The maximum Gasteiger partial charge on any atom is 0.151 e. The van der Waals surface area contributed by atoms with E-state index >= 15 is 0 Å². The number of likely N-dealkylation sites (tertiary alicyclic amines) is 1. The van der Waals surface area contributed by atoms with Crippen molar-refractivity contribution in [2.45, 2.75) is 57.2 Å². The number of hydrogen-bond acceptors (Lipinski definition) is 7. The van der Waals surface area contributed by atoms with E-state index in [4.69, 9.17) is 14.8 Å². The molecule has 5 aliphatic rings. The van der Waals surface area contributed by atoms with Crippen LogP contribution in [0.15, 0.2) is 35.4 Å². The van der Waals surface area contributed by atoms with Crippen molar-refractivity contribution in [3.8, 4) is 0 Å². The lowest BCUT2D eigenvalue weighted by Crippen LogP contribution is -2.43. The Bertz CT molecular complexity index is 941. The van der Waals surface area contributed by atoms with Gasteiger partial charge in [-0.2, -0.15) is 5.10 Å². The van der Waals surface area contributed by atoms with Crippen LogP contribution in [0.25, 0.3) is 0 Å². The summed E-state index contributed by atoms with van der Waals surface area (Å²) in [5.41, 5.74) is 2.15. The highest BCUT2D eigenvalue weighted by Crippen LogP contribution is 2.36. The normalized spacial score (nSPS) is 32.5. The fourth-order valence-corrected chi connectivity index (χ4v) is 5.49. The van der Waals surface area contributed by atoms with E-state index in [1.165, 1.54) is 0 Å². The predicted molar refractivity (Wildman–Crippen MR) is 113 cm³/mol. The summed E-state index contributed by atoms with van der Waals surface area (Å²) in [6.45, 7) is 4.63. The molecule has 0 unspecified atom stereocenters. The number of ether oxygens (including phenoxy) is 1. The van der Waals surface area contributed by atoms with Crippen LogP contribution in [0.5, 0.6) is 0 Å². The molecule has 1 aromatic heterocycles. The molecular weight excluding hydrogens is 380 g/mol. The minimum absolute atomic E-state index is 0.227. The number of hydrazine groups is 1. The molecule has 30 heavy (non-hydrogen) atoms. The lowest BCUT2D eigenvalue weighted by Gasteiger charge is -2.34. The molecule has 2 atom stereocenters. The predicted octanol–water partition coefficient (Wildman–Crippen LogP) is 2.40. The maximum atomic E-state index is 11.0. The summed E-state index contributed by atoms with van der Waals surface area (Å²) in [5, 5.41) is 9.19. The van der Waals surface area contributed by atoms with E-state index in [9.17, 15) is 4.79 Å². The molecule has 3 fully saturated rings. The molecule has 5 heterocycles. The topological polar surface area (TPSA) is 66.2 Å². The molecule has 8 heteroatoms. The zero-order valence-electron chi connectivity index (χ0n) is 17.4. The van der Waals surface area contributed by atoms with E-state index in [1.54, 1.807) is 0 Å². The van der Waals surface area contributed by atoms with Crippen LogP contribution in [-0.2, 0) is 9.53 Å². The molecule has 1 aliphatic carbocycles. The summed E-state index contributed by atoms with van der Waals surface area (Å²) in [6.07, 6.45) is 15.2. The van der Waals surface area contributed by atoms with Crippen LogP contribution in [0.3, 0.4) is 0 Å². The molecule has 0 radical (unpaired) electrons. The Kier molecular flexibility index (Phi) is 4.23. The van der Waals surface area contributed by atoms with Gasteiger partial charge in [-0.25, -0.2) is 10.0 Å². The summed E-state index contributed by atoms with van der Waals surface area (Å²) in [7, 11) is 0. The molecule has 0 N–H and O–H groups in total. The Balaban J connectivity index is 1.18. The molecule has 2 bridgehead atoms. The average molecular weight is 409 g/mol. The number of rotatable bonds is 3. The first kappa shape index (κ1) is 18.2. The zero-order chi connectivity index (χ0) is 20.2. The summed E-state index contributed by atoms with van der Waals surface area (Å²) in [6, 6.07) is 0.857. The highest BCUT2D eigenvalue weighted by Gasteiger charge is 2.41. The first-order valence-electron chi connectivity index (χ1n) is 11.1. The highest BCUT2D eigenvalue weighted by atomic mass is 16.5. The fourth-order valence-electron chi connectivity index (χ4n) is 5.49. The van der Waals surface area contributed by atoms with Gasteiger partial charge in [-0.1, -0.05) is 0 Å². The maximum absolute atomic E-state index is 11.0. The Morgan fingerprint density at radius 2 is 2.07 bits per heavy atom. The van der Waals surface area contributed by atoms with Gasteiger partial charge in [-0.05, 0) is 51.2 Å². The SMILES string of the molecule is Cc1nn(C2CCC(C=O)CC2)cc1N1CC=C2N=C(N3C[C@H]4C[C@@H]3CO4)C=CN21. The van der Waals surface area contributed by atoms with Gasteiger partial charge in [0.15, 0.2) is 5.82 Å². The van der Waals surface area contributed by atoms with Crippen LogP contribution in [-0.4, -0.2) is 63.7 Å². The lowest BCUT2D eigenvalue weighted by atomic mass is 9.87. The second kappa shape index (κ2) is 6.97. The van der Waals surface area contributed by atoms with Gasteiger partial charge in [-0.3, -0.25) is 9.69 Å². The van der Waals surface area contributed by atoms with E-state index in [0.29, 0.717) is 18.2 Å². The minimum atomic E-state index is 0.227. The third-order valence-corrected chi connectivity index (χ3v) is 7.21. The van der Waals surface area contributed by atoms with Crippen LogP contribution in [0, 0.1) is 12.8 Å². The van der Waals surface area contributed by atoms with Gasteiger partial charge in [-0.15, -0.1) is 0 Å². The third kappa shape index (κ3) is 2.88. The van der Waals surface area contributed by atoms with Crippen molar-refractivity contribution in [2.24, 2.45) is 10.9 Å². The van der Waals surface area contributed by atoms with Crippen LogP contribution in [0.2, 0.25) is 0 Å². The number of carbonyl (C=O) groups excluding carboxylic acids is 1. The molecule has 2 saturated heterocycles. The third-order valence-electron chi connectivity index (χ3n) is 7.21. The second-order valence-electron chi connectivity index (χ2n) is 9.06.